The molecule has 3 heterocycles. The number of ether oxygens (including phenoxy) is 2. The molecule has 0 bridgehead atoms. The maximum atomic E-state index is 5.90. The molecule has 1 fully saturated rings. The summed E-state index contributed by atoms with van der Waals surface area (Å²) in [4.78, 5) is 15.0. The van der Waals surface area contributed by atoms with Crippen molar-refractivity contribution in [3.8, 4) is 17.1 Å². The fourth-order valence-electron chi connectivity index (χ4n) is 3.71. The van der Waals surface area contributed by atoms with Gasteiger partial charge in [-0.05, 0) is 42.5 Å². The van der Waals surface area contributed by atoms with Gasteiger partial charge in [-0.1, -0.05) is 0 Å². The normalized spacial score (nSPS) is 17.3. The molecule has 0 aliphatic carbocycles. The molecule has 0 atom stereocenters. The van der Waals surface area contributed by atoms with Gasteiger partial charge in [-0.15, -0.1) is 0 Å². The first kappa shape index (κ1) is 18.1. The molecule has 2 aliphatic heterocycles. The minimum Gasteiger partial charge on any atom is -0.492 e. The molecule has 2 aliphatic rings. The Morgan fingerprint density at radius 1 is 1.03 bits per heavy atom. The third-order valence-corrected chi connectivity index (χ3v) is 5.34. The molecule has 1 aromatic heterocycles. The maximum Gasteiger partial charge on any atom is 0.138 e. The van der Waals surface area contributed by atoms with E-state index in [2.05, 4.69) is 32.3 Å². The van der Waals surface area contributed by atoms with Crippen molar-refractivity contribution in [3.63, 3.8) is 0 Å². The van der Waals surface area contributed by atoms with Crippen LogP contribution in [0.3, 0.4) is 0 Å². The molecule has 0 radical (unpaired) electrons. The van der Waals surface area contributed by atoms with Crippen LogP contribution in [-0.2, 0) is 4.74 Å². The van der Waals surface area contributed by atoms with Gasteiger partial charge in [-0.2, -0.15) is 0 Å². The van der Waals surface area contributed by atoms with E-state index >= 15 is 0 Å². The monoisotopic (exact) mass is 391 g/mol. The van der Waals surface area contributed by atoms with Crippen LogP contribution in [0.1, 0.15) is 5.56 Å². The summed E-state index contributed by atoms with van der Waals surface area (Å²) < 4.78 is 11.3. The Morgan fingerprint density at radius 3 is 2.66 bits per heavy atom. The third-order valence-electron chi connectivity index (χ3n) is 5.34. The van der Waals surface area contributed by atoms with Gasteiger partial charge in [0, 0.05) is 37.3 Å². The van der Waals surface area contributed by atoms with E-state index in [-0.39, 0.29) is 0 Å². The molecule has 0 amide bonds. The Bertz CT molecular complexity index is 1010. The first-order chi connectivity index (χ1) is 14.3. The summed E-state index contributed by atoms with van der Waals surface area (Å²) in [5.74, 6) is 2.70. The highest BCUT2D eigenvalue weighted by Crippen LogP contribution is 2.24. The van der Waals surface area contributed by atoms with E-state index in [0.717, 1.165) is 85.5 Å². The molecule has 0 unspecified atom stereocenters. The first-order valence-electron chi connectivity index (χ1n) is 10.2. The van der Waals surface area contributed by atoms with Gasteiger partial charge in [0.2, 0.25) is 0 Å². The fraction of sp³-hybridized carbons (Fsp3) is 0.364. The molecular weight excluding hydrogens is 366 g/mol. The molecule has 0 saturated carbocycles. The molecule has 7 nitrogen and oxygen atoms in total. The highest BCUT2D eigenvalue weighted by molar-refractivity contribution is 6.02. The van der Waals surface area contributed by atoms with Gasteiger partial charge in [0.15, 0.2) is 0 Å². The van der Waals surface area contributed by atoms with Crippen molar-refractivity contribution in [1.29, 1.82) is 0 Å². The lowest BCUT2D eigenvalue weighted by Crippen LogP contribution is -2.38. The van der Waals surface area contributed by atoms with Crippen molar-refractivity contribution in [3.05, 3.63) is 48.0 Å². The van der Waals surface area contributed by atoms with Gasteiger partial charge in [0.25, 0.3) is 0 Å². The zero-order chi connectivity index (χ0) is 19.5. The maximum absolute atomic E-state index is 5.90. The SMILES string of the molecule is c1cc(-c2nc3ccc(C4=NCCN4)cc3[nH]2)ccc1OCCN1CCOCC1. The average molecular weight is 391 g/mol. The lowest BCUT2D eigenvalue weighted by atomic mass is 10.2. The van der Waals surface area contributed by atoms with Crippen molar-refractivity contribution in [2.75, 3.05) is 52.5 Å². The number of rotatable bonds is 6. The van der Waals surface area contributed by atoms with Crippen LogP contribution in [0, 0.1) is 0 Å². The molecular formula is C22H25N5O2. The first-order valence-corrected chi connectivity index (χ1v) is 10.2. The number of aliphatic imine (C=N–C) groups is 1. The Kier molecular flexibility index (Phi) is 5.15. The third kappa shape index (κ3) is 4.11. The van der Waals surface area contributed by atoms with Crippen molar-refractivity contribution in [1.82, 2.24) is 20.2 Å². The molecule has 2 aromatic carbocycles. The van der Waals surface area contributed by atoms with Crippen LogP contribution in [0.25, 0.3) is 22.4 Å². The fourth-order valence-corrected chi connectivity index (χ4v) is 3.71. The number of imidazole rings is 1. The van der Waals surface area contributed by atoms with Crippen LogP contribution >= 0.6 is 0 Å². The van der Waals surface area contributed by atoms with E-state index in [1.807, 2.05) is 30.3 Å². The van der Waals surface area contributed by atoms with Crippen molar-refractivity contribution in [2.45, 2.75) is 0 Å². The smallest absolute Gasteiger partial charge is 0.138 e. The summed E-state index contributed by atoms with van der Waals surface area (Å²) >= 11 is 0. The van der Waals surface area contributed by atoms with Crippen LogP contribution in [0.4, 0.5) is 0 Å². The Balaban J connectivity index is 1.25. The van der Waals surface area contributed by atoms with Gasteiger partial charge < -0.3 is 19.8 Å². The molecule has 3 aromatic rings. The van der Waals surface area contributed by atoms with Crippen LogP contribution in [0.5, 0.6) is 5.75 Å². The van der Waals surface area contributed by atoms with E-state index in [0.29, 0.717) is 6.61 Å². The lowest BCUT2D eigenvalue weighted by molar-refractivity contribution is 0.0322. The highest BCUT2D eigenvalue weighted by atomic mass is 16.5. The van der Waals surface area contributed by atoms with Crippen LogP contribution in [-0.4, -0.2) is 73.2 Å². The number of H-pyrrole nitrogens is 1. The number of aromatic amines is 1. The zero-order valence-corrected chi connectivity index (χ0v) is 16.4. The predicted octanol–water partition coefficient (Wildman–Crippen LogP) is 2.29. The topological polar surface area (TPSA) is 74.8 Å². The van der Waals surface area contributed by atoms with Crippen molar-refractivity contribution >= 4 is 16.9 Å². The Morgan fingerprint density at radius 2 is 1.86 bits per heavy atom. The molecule has 150 valence electrons. The van der Waals surface area contributed by atoms with Gasteiger partial charge in [0.05, 0.1) is 30.8 Å². The molecule has 29 heavy (non-hydrogen) atoms. The van der Waals surface area contributed by atoms with Gasteiger partial charge >= 0.3 is 0 Å². The quantitative estimate of drug-likeness (QED) is 0.674. The standard InChI is InChI=1S/C22H25N5O2/c1-4-18(29-14-11-27-9-12-28-13-10-27)5-2-16(1)22-25-19-6-3-17(15-20(19)26-22)21-23-7-8-24-21/h1-6,15H,7-14H2,(H,23,24)(H,25,26). The molecule has 2 N–H and O–H groups in total. The number of fused-ring (bicyclic) bond motifs is 1. The number of hydrogen-bond donors (Lipinski definition) is 2. The highest BCUT2D eigenvalue weighted by Gasteiger charge is 2.12. The molecule has 7 heteroatoms. The number of amidine groups is 1. The van der Waals surface area contributed by atoms with Crippen LogP contribution in [0.15, 0.2) is 47.5 Å². The number of aromatic nitrogens is 2. The lowest BCUT2D eigenvalue weighted by Gasteiger charge is -2.26. The summed E-state index contributed by atoms with van der Waals surface area (Å²) in [6.45, 7) is 6.96. The number of benzene rings is 2. The number of nitrogens with one attached hydrogen (secondary N) is 2. The van der Waals surface area contributed by atoms with E-state index in [4.69, 9.17) is 14.5 Å². The largest absolute Gasteiger partial charge is 0.492 e. The predicted molar refractivity (Wildman–Crippen MR) is 114 cm³/mol. The summed E-state index contributed by atoms with van der Waals surface area (Å²) in [6.07, 6.45) is 0. The van der Waals surface area contributed by atoms with E-state index in [1.165, 1.54) is 0 Å². The minimum absolute atomic E-state index is 0.685. The summed E-state index contributed by atoms with van der Waals surface area (Å²) in [7, 11) is 0. The average Bonchev–Trinajstić information content (AvgIpc) is 3.44. The summed E-state index contributed by atoms with van der Waals surface area (Å²) in [6, 6.07) is 14.3. The van der Waals surface area contributed by atoms with Gasteiger partial charge in [-0.3, -0.25) is 9.89 Å². The molecule has 1 saturated heterocycles. The minimum atomic E-state index is 0.685. The molecule has 0 spiro atoms. The summed E-state index contributed by atoms with van der Waals surface area (Å²) in [5, 5.41) is 3.31. The van der Waals surface area contributed by atoms with Crippen LogP contribution < -0.4 is 10.1 Å². The Labute approximate surface area is 169 Å². The van der Waals surface area contributed by atoms with Crippen LogP contribution in [0.2, 0.25) is 0 Å². The Hall–Kier alpha value is -2.90. The van der Waals surface area contributed by atoms with Gasteiger partial charge in [0.1, 0.15) is 24.0 Å². The van der Waals surface area contributed by atoms with E-state index in [9.17, 15) is 0 Å². The van der Waals surface area contributed by atoms with E-state index in [1.54, 1.807) is 0 Å². The number of morpholine rings is 1. The molecule has 5 rings (SSSR count). The van der Waals surface area contributed by atoms with Crippen molar-refractivity contribution in [2.24, 2.45) is 4.99 Å². The van der Waals surface area contributed by atoms with Crippen molar-refractivity contribution < 1.29 is 9.47 Å². The number of hydrogen-bond acceptors (Lipinski definition) is 6. The second-order valence-corrected chi connectivity index (χ2v) is 7.30. The summed E-state index contributed by atoms with van der Waals surface area (Å²) in [5.41, 5.74) is 4.10. The second kappa shape index (κ2) is 8.23. The zero-order valence-electron chi connectivity index (χ0n) is 16.4. The van der Waals surface area contributed by atoms with Gasteiger partial charge in [-0.25, -0.2) is 4.98 Å². The number of nitrogens with zero attached hydrogens (tertiary/aromatic N) is 3. The second-order valence-electron chi connectivity index (χ2n) is 7.30. The van der Waals surface area contributed by atoms with E-state index < -0.39 is 0 Å².